The van der Waals surface area contributed by atoms with E-state index in [4.69, 9.17) is 4.74 Å². The number of benzene rings is 3. The number of nitrogens with one attached hydrogen (secondary N) is 2. The van der Waals surface area contributed by atoms with Gasteiger partial charge in [-0.1, -0.05) is 60.7 Å². The predicted molar refractivity (Wildman–Crippen MR) is 176 cm³/mol. The van der Waals surface area contributed by atoms with Gasteiger partial charge in [-0.15, -0.1) is 0 Å². The molecule has 3 aromatic carbocycles. The topological polar surface area (TPSA) is 111 Å². The minimum absolute atomic E-state index is 0.0646. The fourth-order valence-corrected chi connectivity index (χ4v) is 6.55. The Morgan fingerprint density at radius 1 is 0.889 bits per heavy atom. The van der Waals surface area contributed by atoms with E-state index in [-0.39, 0.29) is 24.5 Å². The third-order valence-electron chi connectivity index (χ3n) is 8.91. The highest BCUT2D eigenvalue weighted by atomic mass is 16.6. The van der Waals surface area contributed by atoms with Crippen LogP contribution >= 0.6 is 0 Å². The van der Waals surface area contributed by atoms with E-state index in [1.807, 2.05) is 61.6 Å². The molecule has 0 aromatic heterocycles. The molecule has 3 amide bonds. The Balaban J connectivity index is 0.959. The Morgan fingerprint density at radius 3 is 2.38 bits per heavy atom. The molecule has 2 unspecified atom stereocenters. The van der Waals surface area contributed by atoms with Gasteiger partial charge in [0.15, 0.2) is 0 Å². The number of nitrogens with zero attached hydrogens (tertiary/aromatic N) is 2. The zero-order valence-electron chi connectivity index (χ0n) is 26.0. The number of carbonyl (C=O) groups is 3. The van der Waals surface area contributed by atoms with Crippen LogP contribution in [-0.2, 0) is 20.9 Å². The van der Waals surface area contributed by atoms with Gasteiger partial charge >= 0.3 is 6.09 Å². The van der Waals surface area contributed by atoms with Crippen LogP contribution in [-0.4, -0.2) is 72.1 Å². The van der Waals surface area contributed by atoms with Gasteiger partial charge in [0.05, 0.1) is 12.3 Å². The number of anilines is 2. The summed E-state index contributed by atoms with van der Waals surface area (Å²) in [6, 6.07) is 24.9. The lowest BCUT2D eigenvalue weighted by atomic mass is 10.0. The van der Waals surface area contributed by atoms with E-state index >= 15 is 0 Å². The highest BCUT2D eigenvalue weighted by Gasteiger charge is 2.42. The molecule has 9 nitrogen and oxygen atoms in total. The highest BCUT2D eigenvalue weighted by molar-refractivity contribution is 5.92. The summed E-state index contributed by atoms with van der Waals surface area (Å²) in [7, 11) is 1.83. The van der Waals surface area contributed by atoms with Crippen molar-refractivity contribution in [2.75, 3.05) is 43.9 Å². The summed E-state index contributed by atoms with van der Waals surface area (Å²) in [5.41, 5.74) is 4.17. The lowest BCUT2D eigenvalue weighted by Gasteiger charge is -2.21. The van der Waals surface area contributed by atoms with E-state index in [1.54, 1.807) is 29.2 Å². The summed E-state index contributed by atoms with van der Waals surface area (Å²) in [6.07, 6.45) is 3.50. The van der Waals surface area contributed by atoms with Gasteiger partial charge in [0.2, 0.25) is 11.8 Å². The monoisotopic (exact) mass is 612 g/mol. The van der Waals surface area contributed by atoms with Gasteiger partial charge < -0.3 is 25.0 Å². The number of fused-ring (bicyclic) bond motifs is 1. The molecule has 5 rings (SSSR count). The molecule has 2 fully saturated rings. The van der Waals surface area contributed by atoms with E-state index in [0.717, 1.165) is 61.3 Å². The minimum atomic E-state index is -0.415. The van der Waals surface area contributed by atoms with Gasteiger partial charge in [-0.05, 0) is 66.8 Å². The quantitative estimate of drug-likeness (QED) is 0.212. The molecule has 1 saturated heterocycles. The second-order valence-electron chi connectivity index (χ2n) is 12.2. The number of carbonyl (C=O) groups excluding carboxylic acids is 3. The van der Waals surface area contributed by atoms with Crippen molar-refractivity contribution in [1.29, 1.82) is 0 Å². The maximum Gasteiger partial charge on any atom is 0.411 e. The van der Waals surface area contributed by atoms with Crippen LogP contribution in [0, 0.1) is 11.8 Å². The third-order valence-corrected chi connectivity index (χ3v) is 8.91. The van der Waals surface area contributed by atoms with E-state index in [9.17, 15) is 19.5 Å². The summed E-state index contributed by atoms with van der Waals surface area (Å²) in [6.45, 7) is 3.14. The molecule has 3 atom stereocenters. The molecular formula is C36H44N4O5. The maximum atomic E-state index is 12.8. The van der Waals surface area contributed by atoms with E-state index < -0.39 is 6.09 Å². The molecule has 0 bridgehead atoms. The summed E-state index contributed by atoms with van der Waals surface area (Å²) >= 11 is 0. The number of amides is 3. The molecule has 2 aliphatic rings. The van der Waals surface area contributed by atoms with Crippen LogP contribution in [0.15, 0.2) is 78.9 Å². The van der Waals surface area contributed by atoms with Gasteiger partial charge in [0.25, 0.3) is 0 Å². The first-order chi connectivity index (χ1) is 21.9. The molecular weight excluding hydrogens is 568 g/mol. The number of aliphatic hydroxyl groups excluding tert-OH is 1. The van der Waals surface area contributed by atoms with Crippen molar-refractivity contribution in [2.45, 2.75) is 51.2 Å². The van der Waals surface area contributed by atoms with Gasteiger partial charge in [-0.3, -0.25) is 14.9 Å². The normalized spacial score (nSPS) is 19.1. The van der Waals surface area contributed by atoms with E-state index in [2.05, 4.69) is 15.5 Å². The average molecular weight is 613 g/mol. The summed E-state index contributed by atoms with van der Waals surface area (Å²) in [5.74, 6) is 1.00. The number of hydrogen-bond acceptors (Lipinski definition) is 6. The van der Waals surface area contributed by atoms with Crippen molar-refractivity contribution < 1.29 is 24.2 Å². The van der Waals surface area contributed by atoms with Gasteiger partial charge in [-0.2, -0.15) is 0 Å². The van der Waals surface area contributed by atoms with Gasteiger partial charge in [0.1, 0.15) is 6.10 Å². The fraction of sp³-hybridized carbons (Fsp3) is 0.417. The van der Waals surface area contributed by atoms with Crippen molar-refractivity contribution >= 4 is 29.3 Å². The summed E-state index contributed by atoms with van der Waals surface area (Å²) in [5, 5.41) is 15.1. The van der Waals surface area contributed by atoms with E-state index in [1.165, 1.54) is 0 Å². The second-order valence-corrected chi connectivity index (χ2v) is 12.2. The largest absolute Gasteiger partial charge is 0.446 e. The van der Waals surface area contributed by atoms with Crippen molar-refractivity contribution in [1.82, 2.24) is 9.80 Å². The Labute approximate surface area is 265 Å². The molecule has 3 N–H and O–H groups in total. The summed E-state index contributed by atoms with van der Waals surface area (Å²) in [4.78, 5) is 41.9. The molecule has 1 aliphatic carbocycles. The lowest BCUT2D eigenvalue weighted by molar-refractivity contribution is -0.130. The molecule has 45 heavy (non-hydrogen) atoms. The van der Waals surface area contributed by atoms with Gasteiger partial charge in [0, 0.05) is 57.3 Å². The Morgan fingerprint density at radius 2 is 1.62 bits per heavy atom. The molecule has 0 radical (unpaired) electrons. The molecule has 0 spiro atoms. The first-order valence-electron chi connectivity index (χ1n) is 16.0. The Kier molecular flexibility index (Phi) is 11.2. The van der Waals surface area contributed by atoms with Gasteiger partial charge in [-0.25, -0.2) is 4.79 Å². The lowest BCUT2D eigenvalue weighted by Crippen LogP contribution is -2.33. The van der Waals surface area contributed by atoms with Crippen LogP contribution in [0.4, 0.5) is 16.2 Å². The first kappa shape index (κ1) is 32.2. The molecule has 1 heterocycles. The number of unbranched alkanes of at least 4 members (excludes halogenated alkanes) is 1. The number of rotatable bonds is 13. The van der Waals surface area contributed by atoms with Crippen molar-refractivity contribution in [2.24, 2.45) is 11.8 Å². The highest BCUT2D eigenvalue weighted by Crippen LogP contribution is 2.39. The zero-order valence-corrected chi connectivity index (χ0v) is 26.0. The van der Waals surface area contributed by atoms with Crippen LogP contribution in [0.1, 0.15) is 44.1 Å². The van der Waals surface area contributed by atoms with Crippen LogP contribution < -0.4 is 10.6 Å². The molecule has 1 saturated carbocycles. The first-order valence-corrected chi connectivity index (χ1v) is 16.0. The van der Waals surface area contributed by atoms with Crippen LogP contribution in [0.3, 0.4) is 0 Å². The van der Waals surface area contributed by atoms with Crippen molar-refractivity contribution in [3.63, 3.8) is 0 Å². The molecule has 238 valence electrons. The van der Waals surface area contributed by atoms with Crippen LogP contribution in [0.2, 0.25) is 0 Å². The zero-order chi connectivity index (χ0) is 31.6. The summed E-state index contributed by atoms with van der Waals surface area (Å²) < 4.78 is 5.84. The SMILES string of the molecule is CN(CCCCC(=O)Nc1cccc(CO)c1)C(=O)CCN1CC2CC(OC(=O)Nc3ccccc3-c3ccccc3)C[C@@H]2C1. The maximum absolute atomic E-state index is 12.8. The third kappa shape index (κ3) is 9.15. The van der Waals surface area contributed by atoms with Crippen molar-refractivity contribution in [3.8, 4) is 11.1 Å². The molecule has 3 aromatic rings. The Bertz CT molecular complexity index is 1430. The molecule has 9 heteroatoms. The van der Waals surface area contributed by atoms with E-state index in [0.29, 0.717) is 43.3 Å². The van der Waals surface area contributed by atoms with Crippen molar-refractivity contribution in [3.05, 3.63) is 84.4 Å². The standard InChI is InChI=1S/C36H44N4O5/c1-39(18-8-7-16-34(42)37-30-13-9-10-26(20-30)25-41)35(43)17-19-40-23-28-21-31(22-29(28)24-40)45-36(44)38-33-15-6-5-14-32(33)27-11-3-2-4-12-27/h2-6,9-15,20,28-29,31,41H,7-8,16-19,21-25H2,1H3,(H,37,42)(H,38,44)/t28-,29?,31?/m1/s1. The smallest absolute Gasteiger partial charge is 0.411 e. The van der Waals surface area contributed by atoms with Crippen LogP contribution in [0.25, 0.3) is 11.1 Å². The number of likely N-dealkylation sites (tertiary alicyclic amines) is 1. The number of para-hydroxylation sites is 1. The number of ether oxygens (including phenoxy) is 1. The number of hydrogen-bond donors (Lipinski definition) is 3. The Hall–Kier alpha value is -4.21. The fourth-order valence-electron chi connectivity index (χ4n) is 6.55. The predicted octanol–water partition coefficient (Wildman–Crippen LogP) is 5.76. The average Bonchev–Trinajstić information content (AvgIpc) is 3.60. The molecule has 1 aliphatic heterocycles. The minimum Gasteiger partial charge on any atom is -0.446 e. The number of aliphatic hydroxyl groups is 1. The second kappa shape index (κ2) is 15.7. The van der Waals surface area contributed by atoms with Crippen LogP contribution in [0.5, 0.6) is 0 Å².